The first-order valence-corrected chi connectivity index (χ1v) is 13.4. The normalized spacial score (nSPS) is 46.9. The van der Waals surface area contributed by atoms with Crippen LogP contribution in [0, 0.1) is 45.3 Å². The average molecular weight is 427 g/mol. The molecule has 31 heavy (non-hydrogen) atoms. The fraction of sp³-hybridized carbons (Fsp3) is 0.867. The lowest BCUT2D eigenvalue weighted by Gasteiger charge is -2.64. The van der Waals surface area contributed by atoms with Crippen LogP contribution in [0.25, 0.3) is 0 Å². The van der Waals surface area contributed by atoms with Crippen molar-refractivity contribution in [2.75, 3.05) is 0 Å². The molecule has 0 bridgehead atoms. The lowest BCUT2D eigenvalue weighted by molar-refractivity contribution is -0.131. The van der Waals surface area contributed by atoms with Gasteiger partial charge < -0.3 is 5.11 Å². The molecule has 0 aromatic rings. The van der Waals surface area contributed by atoms with Crippen LogP contribution in [0.4, 0.5) is 0 Å². The fourth-order valence-electron chi connectivity index (χ4n) is 9.49. The van der Waals surface area contributed by atoms with Gasteiger partial charge in [0.2, 0.25) is 0 Å². The predicted octanol–water partition coefficient (Wildman–Crippen LogP) is 8.34. The van der Waals surface area contributed by atoms with Crippen molar-refractivity contribution in [1.29, 1.82) is 0 Å². The zero-order valence-electron chi connectivity index (χ0n) is 21.9. The molecule has 3 saturated carbocycles. The summed E-state index contributed by atoms with van der Waals surface area (Å²) in [4.78, 5) is 0. The third-order valence-electron chi connectivity index (χ3n) is 11.7. The Bertz CT molecular complexity index is 754. The minimum Gasteiger partial charge on any atom is -0.393 e. The third-order valence-corrected chi connectivity index (χ3v) is 11.7. The summed E-state index contributed by atoms with van der Waals surface area (Å²) in [6.07, 6.45) is 16.5. The molecular weight excluding hydrogens is 376 g/mol. The number of allylic oxidation sites excluding steroid dienone is 4. The van der Waals surface area contributed by atoms with Crippen LogP contribution in [-0.2, 0) is 0 Å². The molecule has 1 N–H and O–H groups in total. The molecule has 0 radical (unpaired) electrons. The van der Waals surface area contributed by atoms with Gasteiger partial charge in [-0.2, -0.15) is 0 Å². The number of aliphatic hydroxyl groups excluding tert-OH is 1. The second-order valence-electron chi connectivity index (χ2n) is 13.7. The van der Waals surface area contributed by atoms with Crippen LogP contribution >= 0.6 is 0 Å². The second kappa shape index (κ2) is 7.75. The molecule has 0 heterocycles. The quantitative estimate of drug-likeness (QED) is 0.448. The summed E-state index contributed by atoms with van der Waals surface area (Å²) in [5, 5.41) is 10.8. The lowest BCUT2D eigenvalue weighted by atomic mass is 9.41. The van der Waals surface area contributed by atoms with E-state index in [0.29, 0.717) is 22.2 Å². The summed E-state index contributed by atoms with van der Waals surface area (Å²) < 4.78 is 0. The van der Waals surface area contributed by atoms with Gasteiger partial charge >= 0.3 is 0 Å². The maximum atomic E-state index is 10.8. The summed E-state index contributed by atoms with van der Waals surface area (Å²) in [7, 11) is 0. The van der Waals surface area contributed by atoms with Crippen molar-refractivity contribution in [2.45, 2.75) is 119 Å². The molecule has 1 heteroatoms. The van der Waals surface area contributed by atoms with Gasteiger partial charge in [-0.3, -0.25) is 0 Å². The third kappa shape index (κ3) is 3.34. The molecule has 4 aliphatic rings. The van der Waals surface area contributed by atoms with Gasteiger partial charge in [0.05, 0.1) is 6.10 Å². The van der Waals surface area contributed by atoms with E-state index in [9.17, 15) is 5.11 Å². The Morgan fingerprint density at radius 3 is 2.45 bits per heavy atom. The second-order valence-corrected chi connectivity index (χ2v) is 13.7. The molecule has 0 spiro atoms. The van der Waals surface area contributed by atoms with Gasteiger partial charge in [-0.1, -0.05) is 64.8 Å². The van der Waals surface area contributed by atoms with Gasteiger partial charge in [-0.05, 0) is 117 Å². The maximum absolute atomic E-state index is 10.8. The van der Waals surface area contributed by atoms with Gasteiger partial charge in [0.15, 0.2) is 0 Å². The number of aliphatic hydroxyl groups is 1. The predicted molar refractivity (Wildman–Crippen MR) is 133 cm³/mol. The Hall–Kier alpha value is -0.560. The van der Waals surface area contributed by atoms with Crippen molar-refractivity contribution in [2.24, 2.45) is 45.3 Å². The monoisotopic (exact) mass is 426 g/mol. The van der Waals surface area contributed by atoms with Crippen molar-refractivity contribution >= 4 is 0 Å². The number of rotatable bonds is 4. The van der Waals surface area contributed by atoms with Crippen LogP contribution in [0.5, 0.6) is 0 Å². The van der Waals surface area contributed by atoms with Crippen LogP contribution in [0.1, 0.15) is 113 Å². The van der Waals surface area contributed by atoms with Gasteiger partial charge in [-0.15, -0.1) is 0 Å². The highest BCUT2D eigenvalue weighted by molar-refractivity contribution is 5.33. The van der Waals surface area contributed by atoms with Crippen LogP contribution in [0.3, 0.4) is 0 Å². The summed E-state index contributed by atoms with van der Waals surface area (Å²) in [5.74, 6) is 3.02. The van der Waals surface area contributed by atoms with Crippen LogP contribution in [-0.4, -0.2) is 11.2 Å². The topological polar surface area (TPSA) is 20.2 Å². The van der Waals surface area contributed by atoms with Crippen molar-refractivity contribution in [1.82, 2.24) is 0 Å². The highest BCUT2D eigenvalue weighted by atomic mass is 16.3. The number of hydrogen-bond donors (Lipinski definition) is 1. The molecule has 176 valence electrons. The smallest absolute Gasteiger partial charge is 0.0594 e. The minimum atomic E-state index is -0.137. The van der Waals surface area contributed by atoms with Gasteiger partial charge in [0.1, 0.15) is 0 Å². The number of hydrogen-bond acceptors (Lipinski definition) is 1. The van der Waals surface area contributed by atoms with Gasteiger partial charge in [0.25, 0.3) is 0 Å². The van der Waals surface area contributed by atoms with Crippen LogP contribution in [0.2, 0.25) is 0 Å². The van der Waals surface area contributed by atoms with E-state index in [0.717, 1.165) is 24.2 Å². The summed E-state index contributed by atoms with van der Waals surface area (Å²) >= 11 is 0. The van der Waals surface area contributed by atoms with Crippen LogP contribution < -0.4 is 0 Å². The average Bonchev–Trinajstić information content (AvgIpc) is 2.96. The Morgan fingerprint density at radius 2 is 1.77 bits per heavy atom. The largest absolute Gasteiger partial charge is 0.393 e. The van der Waals surface area contributed by atoms with Gasteiger partial charge in [-0.25, -0.2) is 0 Å². The summed E-state index contributed by atoms with van der Waals surface area (Å²) in [6, 6.07) is 0. The van der Waals surface area contributed by atoms with E-state index in [4.69, 9.17) is 0 Å². The lowest BCUT2D eigenvalue weighted by Crippen LogP contribution is -2.58. The minimum absolute atomic E-state index is 0.0360. The highest BCUT2D eigenvalue weighted by Crippen LogP contribution is 2.73. The van der Waals surface area contributed by atoms with E-state index in [2.05, 4.69) is 67.5 Å². The molecule has 0 unspecified atom stereocenters. The van der Waals surface area contributed by atoms with Crippen LogP contribution in [0.15, 0.2) is 23.3 Å². The van der Waals surface area contributed by atoms with Crippen molar-refractivity contribution in [3.63, 3.8) is 0 Å². The zero-order chi connectivity index (χ0) is 22.8. The molecule has 0 amide bonds. The van der Waals surface area contributed by atoms with E-state index in [1.54, 1.807) is 0 Å². The Balaban J connectivity index is 1.62. The van der Waals surface area contributed by atoms with Crippen molar-refractivity contribution < 1.29 is 5.11 Å². The Labute approximate surface area is 193 Å². The zero-order valence-corrected chi connectivity index (χ0v) is 21.9. The number of fused-ring (bicyclic) bond motifs is 5. The molecule has 4 aliphatic carbocycles. The fourth-order valence-corrected chi connectivity index (χ4v) is 9.49. The first-order chi connectivity index (χ1) is 14.4. The van der Waals surface area contributed by atoms with Gasteiger partial charge in [0, 0.05) is 0 Å². The SMILES string of the molecule is CC(C)=CCC[C@@H](C)[C@H]1CC[C@@]2(C)C3=CC[C@H]4C(C)(C)[C@@H](O)CC[C@]4(C)[C@@H]3CC[C@]12C. The molecular formula is C30H50O. The molecule has 3 fully saturated rings. The Morgan fingerprint density at radius 1 is 1.06 bits per heavy atom. The summed E-state index contributed by atoms with van der Waals surface area (Å²) in [6.45, 7) is 19.6. The molecule has 0 aliphatic heterocycles. The Kier molecular flexibility index (Phi) is 5.90. The molecule has 4 rings (SSSR count). The first-order valence-electron chi connectivity index (χ1n) is 13.4. The first kappa shape index (κ1) is 23.6. The molecule has 8 atom stereocenters. The molecule has 0 aromatic carbocycles. The van der Waals surface area contributed by atoms with Crippen molar-refractivity contribution in [3.8, 4) is 0 Å². The summed E-state index contributed by atoms with van der Waals surface area (Å²) in [5.41, 5.74) is 4.53. The van der Waals surface area contributed by atoms with E-state index in [1.807, 2.05) is 5.57 Å². The standard InChI is InChI=1S/C30H50O/c1-20(2)10-9-11-21(3)22-14-18-30(8)24-12-13-25-27(4,5)26(31)16-17-28(25,6)23(24)15-19-29(22,30)7/h10,12,21-23,25-26,31H,9,11,13-19H2,1-8H3/t21-,22-,23-,25+,26+,28-,29-,30+/m1/s1. The molecule has 1 nitrogen and oxygen atoms in total. The van der Waals surface area contributed by atoms with Crippen molar-refractivity contribution in [3.05, 3.63) is 23.3 Å². The molecule has 0 saturated heterocycles. The maximum Gasteiger partial charge on any atom is 0.0594 e. The van der Waals surface area contributed by atoms with E-state index < -0.39 is 0 Å². The van der Waals surface area contributed by atoms with E-state index in [-0.39, 0.29) is 11.5 Å². The molecule has 0 aromatic heterocycles. The van der Waals surface area contributed by atoms with E-state index in [1.165, 1.54) is 56.9 Å². The highest BCUT2D eigenvalue weighted by Gasteiger charge is 2.65. The van der Waals surface area contributed by atoms with E-state index >= 15 is 0 Å².